The normalized spacial score (nSPS) is 20.6. The third-order valence-electron chi connectivity index (χ3n) is 6.56. The van der Waals surface area contributed by atoms with Crippen LogP contribution in [-0.2, 0) is 49.8 Å². The van der Waals surface area contributed by atoms with E-state index >= 15 is 0 Å². The Morgan fingerprint density at radius 1 is 0.487 bits per heavy atom. The van der Waals surface area contributed by atoms with Gasteiger partial charge in [0.25, 0.3) is 6.10 Å². The zero-order chi connectivity index (χ0) is 26.5. The van der Waals surface area contributed by atoms with Crippen molar-refractivity contribution in [1.82, 2.24) is 0 Å². The molecule has 200 valence electrons. The van der Waals surface area contributed by atoms with E-state index in [1.54, 1.807) is 0 Å². The van der Waals surface area contributed by atoms with Gasteiger partial charge in [-0.25, -0.2) is 0 Å². The molecule has 5 heteroatoms. The topological polar surface area (TPSA) is 48.2 Å². The van der Waals surface area contributed by atoms with Crippen molar-refractivity contribution in [2.75, 3.05) is 6.61 Å². The minimum absolute atomic E-state index is 0.331. The number of carbonyl (C=O) groups excluding carboxylic acids is 1. The van der Waals surface area contributed by atoms with Crippen LogP contribution in [0.25, 0.3) is 0 Å². The predicted molar refractivity (Wildman–Crippen MR) is 151 cm³/mol. The number of ether oxygens (including phenoxy) is 4. The van der Waals surface area contributed by atoms with E-state index < -0.39 is 24.4 Å². The van der Waals surface area contributed by atoms with E-state index in [9.17, 15) is 0 Å². The fourth-order valence-electron chi connectivity index (χ4n) is 4.48. The van der Waals surface area contributed by atoms with Gasteiger partial charge in [0, 0.05) is 12.4 Å². The summed E-state index contributed by atoms with van der Waals surface area (Å²) in [5, 5.41) is 0. The van der Waals surface area contributed by atoms with Gasteiger partial charge in [-0.3, -0.25) is 0 Å². The molecule has 0 saturated heterocycles. The van der Waals surface area contributed by atoms with Crippen molar-refractivity contribution in [2.45, 2.75) is 50.8 Å². The quantitative estimate of drug-likeness (QED) is 0.160. The predicted octanol–water partition coefficient (Wildman–Crippen LogP) is 5.99. The zero-order valence-corrected chi connectivity index (χ0v) is 21.9. The van der Waals surface area contributed by atoms with Gasteiger partial charge in [0.1, 0.15) is 6.61 Å². The average molecular weight is 523 g/mol. The summed E-state index contributed by atoms with van der Waals surface area (Å²) in [7, 11) is 0. The summed E-state index contributed by atoms with van der Waals surface area (Å²) in [5.74, 6) is 0. The van der Waals surface area contributed by atoms with Crippen LogP contribution < -0.4 is 0 Å². The second-order valence-electron chi connectivity index (χ2n) is 9.51. The Kier molecular flexibility index (Phi) is 10.0. The minimum atomic E-state index is -0.542. The van der Waals surface area contributed by atoms with Gasteiger partial charge in [-0.1, -0.05) is 121 Å². The van der Waals surface area contributed by atoms with Gasteiger partial charge in [-0.2, -0.15) is 0 Å². The van der Waals surface area contributed by atoms with Gasteiger partial charge in [0.2, 0.25) is 0 Å². The molecule has 4 aromatic carbocycles. The first-order chi connectivity index (χ1) is 19.3. The van der Waals surface area contributed by atoms with Crippen LogP contribution in [0.1, 0.15) is 22.3 Å². The van der Waals surface area contributed by atoms with Gasteiger partial charge in [0.05, 0.1) is 32.5 Å². The van der Waals surface area contributed by atoms with E-state index in [4.69, 9.17) is 23.4 Å². The molecule has 4 atom stereocenters. The van der Waals surface area contributed by atoms with Crippen LogP contribution in [0.2, 0.25) is 0 Å². The first-order valence-corrected chi connectivity index (χ1v) is 13.3. The Morgan fingerprint density at radius 3 is 1.38 bits per heavy atom. The lowest BCUT2D eigenvalue weighted by Crippen LogP contribution is -2.54. The Labute approximate surface area is 230 Å². The van der Waals surface area contributed by atoms with E-state index in [2.05, 4.69) is 6.29 Å². The molecular formula is C34H34O5. The van der Waals surface area contributed by atoms with Crippen molar-refractivity contribution in [3.05, 3.63) is 144 Å². The Morgan fingerprint density at radius 2 is 0.897 bits per heavy atom. The van der Waals surface area contributed by atoms with Crippen LogP contribution in [-0.4, -0.2) is 37.3 Å². The van der Waals surface area contributed by atoms with Crippen molar-refractivity contribution in [2.24, 2.45) is 0 Å². The monoisotopic (exact) mass is 522 g/mol. The van der Waals surface area contributed by atoms with Crippen LogP contribution in [0.3, 0.4) is 0 Å². The number of rotatable bonds is 13. The summed E-state index contributed by atoms with van der Waals surface area (Å²) >= 11 is 0. The molecule has 0 amide bonds. The summed E-state index contributed by atoms with van der Waals surface area (Å²) in [6.45, 7) is 2.06. The first-order valence-electron chi connectivity index (χ1n) is 13.3. The second kappa shape index (κ2) is 14.5. The molecule has 5 nitrogen and oxygen atoms in total. The fourth-order valence-corrected chi connectivity index (χ4v) is 4.48. The van der Waals surface area contributed by atoms with Crippen LogP contribution in [0, 0.1) is 0 Å². The molecule has 0 aliphatic carbocycles. The Bertz CT molecular complexity index is 1250. The molecule has 39 heavy (non-hydrogen) atoms. The maximum atomic E-state index is 6.52. The van der Waals surface area contributed by atoms with Crippen molar-refractivity contribution in [3.8, 4) is 0 Å². The van der Waals surface area contributed by atoms with Crippen LogP contribution in [0.4, 0.5) is 0 Å². The highest BCUT2D eigenvalue weighted by molar-refractivity contribution is 5.60. The first kappa shape index (κ1) is 27.0. The highest BCUT2D eigenvalue weighted by Gasteiger charge is 2.42. The van der Waals surface area contributed by atoms with Gasteiger partial charge in [-0.15, -0.1) is 0 Å². The van der Waals surface area contributed by atoms with Crippen LogP contribution >= 0.6 is 0 Å². The maximum absolute atomic E-state index is 6.52. The lowest BCUT2D eigenvalue weighted by atomic mass is 10.0. The molecule has 0 N–H and O–H groups in total. The summed E-state index contributed by atoms with van der Waals surface area (Å²) in [6, 6.07) is 40.4. The fraction of sp³-hybridized carbons (Fsp3) is 0.265. The number of hydrogen-bond donors (Lipinski definition) is 0. The highest BCUT2D eigenvalue weighted by Crippen LogP contribution is 2.24. The molecule has 1 aliphatic heterocycles. The number of benzene rings is 4. The average Bonchev–Trinajstić information content (AvgIpc) is 3.00. The third kappa shape index (κ3) is 8.19. The summed E-state index contributed by atoms with van der Waals surface area (Å²) in [5.41, 5.74) is 4.31. The summed E-state index contributed by atoms with van der Waals surface area (Å²) < 4.78 is 31.5. The van der Waals surface area contributed by atoms with E-state index in [0.717, 1.165) is 22.3 Å². The maximum Gasteiger partial charge on any atom is 0.278 e. The molecule has 0 fully saturated rings. The molecule has 0 saturated carbocycles. The van der Waals surface area contributed by atoms with Gasteiger partial charge >= 0.3 is 0 Å². The van der Waals surface area contributed by atoms with Gasteiger partial charge in [-0.05, 0) is 22.3 Å². The van der Waals surface area contributed by atoms with Crippen molar-refractivity contribution in [3.63, 3.8) is 0 Å². The Balaban J connectivity index is 1.34. The molecular weight excluding hydrogens is 488 g/mol. The molecule has 0 radical (unpaired) electrons. The molecule has 0 spiro atoms. The van der Waals surface area contributed by atoms with E-state index in [0.29, 0.717) is 33.0 Å². The lowest BCUT2D eigenvalue weighted by molar-refractivity contribution is -0.222. The molecule has 1 aliphatic rings. The zero-order valence-electron chi connectivity index (χ0n) is 21.9. The molecule has 1 heterocycles. The van der Waals surface area contributed by atoms with Gasteiger partial charge in [0.15, 0.2) is 6.10 Å². The molecule has 0 unspecified atom stereocenters. The SMILES string of the molecule is [C-]1=[O+][C@H](COCc2ccccc2)[C@@H](OCc2ccccc2)[C@H](OCc2ccccc2)[C@H]1OCc1ccccc1. The summed E-state index contributed by atoms with van der Waals surface area (Å²) in [6.07, 6.45) is 1.26. The van der Waals surface area contributed by atoms with Crippen molar-refractivity contribution >= 4 is 6.29 Å². The van der Waals surface area contributed by atoms with E-state index in [-0.39, 0.29) is 0 Å². The van der Waals surface area contributed by atoms with E-state index in [1.165, 1.54) is 0 Å². The van der Waals surface area contributed by atoms with Crippen LogP contribution in [0.5, 0.6) is 0 Å². The lowest BCUT2D eigenvalue weighted by Gasteiger charge is -2.38. The van der Waals surface area contributed by atoms with Gasteiger partial charge < -0.3 is 23.4 Å². The molecule has 0 bridgehead atoms. The van der Waals surface area contributed by atoms with E-state index in [1.807, 2.05) is 121 Å². The Hall–Kier alpha value is -3.61. The van der Waals surface area contributed by atoms with Crippen LogP contribution in [0.15, 0.2) is 121 Å². The molecule has 0 aromatic heterocycles. The standard InChI is InChI=1S/C34H34O5/c1-5-13-27(14-6-1)21-35-25-31-33(38-23-29-17-9-3-10-18-29)34(39-24-30-19-11-4-12-20-30)32(26-37-31)36-22-28-15-7-2-8-16-28/h1-20,31-34H,21-25H2/t31-,32+,33-,34-/m1/s1. The molecule has 5 rings (SSSR count). The summed E-state index contributed by atoms with van der Waals surface area (Å²) in [4.78, 5) is 0. The highest BCUT2D eigenvalue weighted by atomic mass is 16.6. The third-order valence-corrected chi connectivity index (χ3v) is 6.56. The minimum Gasteiger partial charge on any atom is -0.446 e. The van der Waals surface area contributed by atoms with Crippen molar-refractivity contribution in [1.29, 1.82) is 0 Å². The largest absolute Gasteiger partial charge is 0.446 e. The smallest absolute Gasteiger partial charge is 0.278 e. The second-order valence-corrected chi connectivity index (χ2v) is 9.51. The number of hydrogen-bond acceptors (Lipinski definition) is 4. The molecule has 4 aromatic rings. The van der Waals surface area contributed by atoms with Crippen molar-refractivity contribution < 1.29 is 23.4 Å².